The van der Waals surface area contributed by atoms with Crippen LogP contribution in [0.15, 0.2) is 54.6 Å². The zero-order valence-corrected chi connectivity index (χ0v) is 11.9. The highest BCUT2D eigenvalue weighted by Gasteiger charge is 2.13. The molecule has 0 saturated carbocycles. The van der Waals surface area contributed by atoms with Crippen molar-refractivity contribution >= 4 is 5.69 Å². The molecule has 2 aromatic carbocycles. The van der Waals surface area contributed by atoms with Crippen LogP contribution < -0.4 is 5.73 Å². The smallest absolute Gasteiger partial charge is 0.0917 e. The minimum absolute atomic E-state index is 0.512. The average Bonchev–Trinajstić information content (AvgIpc) is 2.47. The van der Waals surface area contributed by atoms with Crippen LogP contribution in [0.25, 0.3) is 0 Å². The molecule has 1 unspecified atom stereocenters. The van der Waals surface area contributed by atoms with Gasteiger partial charge in [0.2, 0.25) is 0 Å². The number of rotatable bonds is 6. The summed E-state index contributed by atoms with van der Waals surface area (Å²) < 4.78 is 0. The van der Waals surface area contributed by atoms with Crippen molar-refractivity contribution in [3.05, 3.63) is 65.7 Å². The Bertz CT molecular complexity index is 528. The highest BCUT2D eigenvalue weighted by molar-refractivity contribution is 5.41. The highest BCUT2D eigenvalue weighted by Crippen LogP contribution is 2.18. The lowest BCUT2D eigenvalue weighted by Gasteiger charge is -2.24. The van der Waals surface area contributed by atoms with Crippen molar-refractivity contribution in [2.45, 2.75) is 19.6 Å². The van der Waals surface area contributed by atoms with E-state index in [-0.39, 0.29) is 0 Å². The quantitative estimate of drug-likeness (QED) is 0.794. The van der Waals surface area contributed by atoms with Crippen molar-refractivity contribution in [3.8, 4) is 0 Å². The van der Waals surface area contributed by atoms with Gasteiger partial charge in [-0.2, -0.15) is 0 Å². The van der Waals surface area contributed by atoms with Crippen LogP contribution in [-0.2, 0) is 6.54 Å². The number of nitrogens with two attached hydrogens (primary N) is 1. The molecule has 3 N–H and O–H groups in total. The monoisotopic (exact) mass is 270 g/mol. The predicted molar refractivity (Wildman–Crippen MR) is 83.2 cm³/mol. The van der Waals surface area contributed by atoms with Crippen LogP contribution >= 0.6 is 0 Å². The lowest BCUT2D eigenvalue weighted by molar-refractivity contribution is 0.112. The summed E-state index contributed by atoms with van der Waals surface area (Å²) in [5.74, 6) is 0. The molecule has 3 nitrogen and oxygen atoms in total. The fraction of sp³-hybridized carbons (Fsp3) is 0.294. The second-order valence-corrected chi connectivity index (χ2v) is 5.00. The molecule has 20 heavy (non-hydrogen) atoms. The maximum Gasteiger partial charge on any atom is 0.0917 e. The van der Waals surface area contributed by atoms with E-state index >= 15 is 0 Å². The fourth-order valence-electron chi connectivity index (χ4n) is 2.26. The molecule has 0 heterocycles. The zero-order chi connectivity index (χ0) is 14.4. The van der Waals surface area contributed by atoms with Gasteiger partial charge in [-0.25, -0.2) is 0 Å². The van der Waals surface area contributed by atoms with Crippen LogP contribution in [0.1, 0.15) is 24.2 Å². The number of anilines is 1. The number of hydrogen-bond acceptors (Lipinski definition) is 3. The molecule has 0 aliphatic rings. The highest BCUT2D eigenvalue weighted by atomic mass is 16.3. The topological polar surface area (TPSA) is 49.5 Å². The SMILES string of the molecule is CCN(Cc1ccccc1)CC(O)c1cccc(N)c1. The normalized spacial score (nSPS) is 12.6. The van der Waals surface area contributed by atoms with Crippen molar-refractivity contribution in [3.63, 3.8) is 0 Å². The number of aliphatic hydroxyl groups excluding tert-OH is 1. The van der Waals surface area contributed by atoms with Gasteiger partial charge < -0.3 is 10.8 Å². The second-order valence-electron chi connectivity index (χ2n) is 5.00. The third kappa shape index (κ3) is 4.08. The third-order valence-corrected chi connectivity index (χ3v) is 3.42. The van der Waals surface area contributed by atoms with Gasteiger partial charge in [-0.05, 0) is 29.8 Å². The Kier molecular flexibility index (Phi) is 5.16. The van der Waals surface area contributed by atoms with E-state index in [0.717, 1.165) is 18.7 Å². The molecule has 3 heteroatoms. The largest absolute Gasteiger partial charge is 0.399 e. The van der Waals surface area contributed by atoms with Crippen LogP contribution in [-0.4, -0.2) is 23.1 Å². The van der Waals surface area contributed by atoms with Crippen LogP contribution in [0, 0.1) is 0 Å². The summed E-state index contributed by atoms with van der Waals surface area (Å²) in [4.78, 5) is 2.23. The first-order valence-electron chi connectivity index (χ1n) is 6.99. The molecule has 0 radical (unpaired) electrons. The molecule has 0 aliphatic heterocycles. The first-order valence-corrected chi connectivity index (χ1v) is 6.99. The minimum atomic E-state index is -0.512. The Labute approximate surface area is 120 Å². The van der Waals surface area contributed by atoms with Gasteiger partial charge in [-0.3, -0.25) is 4.90 Å². The van der Waals surface area contributed by atoms with Gasteiger partial charge in [0.05, 0.1) is 6.10 Å². The van der Waals surface area contributed by atoms with Gasteiger partial charge in [0, 0.05) is 18.8 Å². The molecule has 0 amide bonds. The predicted octanol–water partition coefficient (Wildman–Crippen LogP) is 2.82. The minimum Gasteiger partial charge on any atom is -0.399 e. The number of hydrogen-bond donors (Lipinski definition) is 2. The third-order valence-electron chi connectivity index (χ3n) is 3.42. The molecule has 0 fully saturated rings. The summed E-state index contributed by atoms with van der Waals surface area (Å²) in [6.45, 7) is 4.45. The van der Waals surface area contributed by atoms with E-state index in [4.69, 9.17) is 5.73 Å². The van der Waals surface area contributed by atoms with E-state index < -0.39 is 6.10 Å². The van der Waals surface area contributed by atoms with E-state index in [1.807, 2.05) is 42.5 Å². The Morgan fingerprint density at radius 3 is 2.50 bits per heavy atom. The molecule has 0 aliphatic carbocycles. The summed E-state index contributed by atoms with van der Waals surface area (Å²) in [5.41, 5.74) is 8.58. The fourth-order valence-corrected chi connectivity index (χ4v) is 2.26. The summed E-state index contributed by atoms with van der Waals surface area (Å²) in [7, 11) is 0. The molecule has 0 saturated heterocycles. The van der Waals surface area contributed by atoms with Gasteiger partial charge in [0.1, 0.15) is 0 Å². The van der Waals surface area contributed by atoms with Crippen molar-refractivity contribution in [2.24, 2.45) is 0 Å². The molecule has 0 spiro atoms. The molecule has 2 aromatic rings. The summed E-state index contributed by atoms with van der Waals surface area (Å²) >= 11 is 0. The van der Waals surface area contributed by atoms with Crippen LogP contribution in [0.2, 0.25) is 0 Å². The Morgan fingerprint density at radius 2 is 1.85 bits per heavy atom. The van der Waals surface area contributed by atoms with Gasteiger partial charge >= 0.3 is 0 Å². The Balaban J connectivity index is 1.99. The standard InChI is InChI=1S/C17H22N2O/c1-2-19(12-14-7-4-3-5-8-14)13-17(20)15-9-6-10-16(18)11-15/h3-11,17,20H,2,12-13,18H2,1H3. The van der Waals surface area contributed by atoms with Gasteiger partial charge in [-0.15, -0.1) is 0 Å². The summed E-state index contributed by atoms with van der Waals surface area (Å²) in [6.07, 6.45) is -0.512. The number of aliphatic hydroxyl groups is 1. The molecular weight excluding hydrogens is 248 g/mol. The van der Waals surface area contributed by atoms with E-state index in [2.05, 4.69) is 24.0 Å². The van der Waals surface area contributed by atoms with E-state index in [1.165, 1.54) is 5.56 Å². The molecule has 0 bridgehead atoms. The molecule has 106 valence electrons. The summed E-state index contributed by atoms with van der Waals surface area (Å²) in [5, 5.41) is 10.3. The Hall–Kier alpha value is -1.84. The number of nitrogen functional groups attached to an aromatic ring is 1. The second kappa shape index (κ2) is 7.08. The first kappa shape index (κ1) is 14.6. The van der Waals surface area contributed by atoms with Gasteiger partial charge in [-0.1, -0.05) is 49.4 Å². The van der Waals surface area contributed by atoms with E-state index in [9.17, 15) is 5.11 Å². The summed E-state index contributed by atoms with van der Waals surface area (Å²) in [6, 6.07) is 17.8. The lowest BCUT2D eigenvalue weighted by atomic mass is 10.1. The molecule has 2 rings (SSSR count). The van der Waals surface area contributed by atoms with Crippen LogP contribution in [0.5, 0.6) is 0 Å². The molecule has 1 atom stereocenters. The first-order chi connectivity index (χ1) is 9.69. The van der Waals surface area contributed by atoms with Crippen molar-refractivity contribution < 1.29 is 5.11 Å². The molecule has 0 aromatic heterocycles. The number of likely N-dealkylation sites (N-methyl/N-ethyl adjacent to an activating group) is 1. The van der Waals surface area contributed by atoms with E-state index in [0.29, 0.717) is 12.2 Å². The van der Waals surface area contributed by atoms with Crippen molar-refractivity contribution in [1.82, 2.24) is 4.90 Å². The maximum atomic E-state index is 10.3. The van der Waals surface area contributed by atoms with Crippen molar-refractivity contribution in [1.29, 1.82) is 0 Å². The lowest BCUT2D eigenvalue weighted by Crippen LogP contribution is -2.28. The van der Waals surface area contributed by atoms with Crippen molar-refractivity contribution in [2.75, 3.05) is 18.8 Å². The van der Waals surface area contributed by atoms with Gasteiger partial charge in [0.25, 0.3) is 0 Å². The Morgan fingerprint density at radius 1 is 1.10 bits per heavy atom. The average molecular weight is 270 g/mol. The van der Waals surface area contributed by atoms with Gasteiger partial charge in [0.15, 0.2) is 0 Å². The van der Waals surface area contributed by atoms with E-state index in [1.54, 1.807) is 0 Å². The molecular formula is C17H22N2O. The number of benzene rings is 2. The zero-order valence-electron chi connectivity index (χ0n) is 11.9. The maximum absolute atomic E-state index is 10.3. The number of nitrogens with zero attached hydrogens (tertiary/aromatic N) is 1. The van der Waals surface area contributed by atoms with Crippen LogP contribution in [0.4, 0.5) is 5.69 Å². The van der Waals surface area contributed by atoms with Crippen LogP contribution in [0.3, 0.4) is 0 Å².